The molecule has 3 rings (SSSR count). The van der Waals surface area contributed by atoms with E-state index in [4.69, 9.17) is 4.74 Å². The molecule has 1 atom stereocenters. The third-order valence-corrected chi connectivity index (χ3v) is 3.24. The third-order valence-electron chi connectivity index (χ3n) is 3.24. The first-order valence-electron chi connectivity index (χ1n) is 5.50. The van der Waals surface area contributed by atoms with Gasteiger partial charge < -0.3 is 9.30 Å². The van der Waals surface area contributed by atoms with Crippen LogP contribution in [0.25, 0.3) is 10.9 Å². The van der Waals surface area contributed by atoms with Crippen molar-refractivity contribution in [3.05, 3.63) is 36.0 Å². The second-order valence-electron chi connectivity index (χ2n) is 4.25. The summed E-state index contributed by atoms with van der Waals surface area (Å²) < 4.78 is 7.82. The molecule has 0 saturated carbocycles. The summed E-state index contributed by atoms with van der Waals surface area (Å²) in [6.45, 7) is 3.93. The van der Waals surface area contributed by atoms with Crippen LogP contribution < -0.4 is 0 Å². The van der Waals surface area contributed by atoms with Gasteiger partial charge in [-0.1, -0.05) is 18.2 Å². The molecule has 0 spiro atoms. The summed E-state index contributed by atoms with van der Waals surface area (Å²) in [5, 5.41) is 1.37. The number of aryl methyl sites for hydroxylation is 1. The van der Waals surface area contributed by atoms with Crippen molar-refractivity contribution in [2.75, 3.05) is 13.2 Å². The van der Waals surface area contributed by atoms with Crippen molar-refractivity contribution in [3.8, 4) is 0 Å². The van der Waals surface area contributed by atoms with Crippen molar-refractivity contribution in [1.82, 2.24) is 4.57 Å². The largest absolute Gasteiger partial charge is 0.379 e. The summed E-state index contributed by atoms with van der Waals surface area (Å²) in [5.74, 6) is 0. The predicted molar refractivity (Wildman–Crippen MR) is 61.1 cm³/mol. The minimum Gasteiger partial charge on any atom is -0.379 e. The second-order valence-corrected chi connectivity index (χ2v) is 4.25. The number of nitrogens with zero attached hydrogens (tertiary/aromatic N) is 1. The van der Waals surface area contributed by atoms with Crippen LogP contribution in [0.2, 0.25) is 0 Å². The van der Waals surface area contributed by atoms with E-state index in [0.717, 1.165) is 19.6 Å². The van der Waals surface area contributed by atoms with Crippen LogP contribution in [0.5, 0.6) is 0 Å². The Balaban J connectivity index is 2.17. The van der Waals surface area contributed by atoms with E-state index in [1.807, 2.05) is 0 Å². The fourth-order valence-corrected chi connectivity index (χ4v) is 2.42. The monoisotopic (exact) mass is 201 g/mol. The Morgan fingerprint density at radius 1 is 1.33 bits per heavy atom. The molecule has 2 heterocycles. The maximum absolute atomic E-state index is 5.45. The van der Waals surface area contributed by atoms with Gasteiger partial charge in [0.2, 0.25) is 0 Å². The number of rotatable bonds is 1. The molecule has 1 unspecified atom stereocenters. The van der Waals surface area contributed by atoms with E-state index in [2.05, 4.69) is 42.0 Å². The lowest BCUT2D eigenvalue weighted by atomic mass is 10.2. The summed E-state index contributed by atoms with van der Waals surface area (Å²) in [5.41, 5.74) is 2.70. The normalized spacial score (nSPS) is 21.3. The first kappa shape index (κ1) is 8.98. The van der Waals surface area contributed by atoms with Gasteiger partial charge in [0, 0.05) is 23.7 Å². The molecule has 1 saturated heterocycles. The van der Waals surface area contributed by atoms with Gasteiger partial charge in [0.25, 0.3) is 0 Å². The summed E-state index contributed by atoms with van der Waals surface area (Å²) >= 11 is 0. The molecule has 1 fully saturated rings. The molecule has 0 amide bonds. The van der Waals surface area contributed by atoms with Crippen LogP contribution in [0.4, 0.5) is 0 Å². The average molecular weight is 201 g/mol. The van der Waals surface area contributed by atoms with Crippen molar-refractivity contribution in [1.29, 1.82) is 0 Å². The SMILES string of the molecule is Cc1cn(C2CCOC2)c2ccccc12. The molecule has 15 heavy (non-hydrogen) atoms. The molecule has 1 aromatic heterocycles. The molecular formula is C13H15NO. The van der Waals surface area contributed by atoms with Crippen LogP contribution in [0.3, 0.4) is 0 Å². The molecule has 1 aromatic carbocycles. The number of hydrogen-bond acceptors (Lipinski definition) is 1. The second kappa shape index (κ2) is 3.38. The molecule has 1 aliphatic rings. The Morgan fingerprint density at radius 2 is 2.20 bits per heavy atom. The minimum absolute atomic E-state index is 0.531. The molecule has 2 aromatic rings. The minimum atomic E-state index is 0.531. The maximum Gasteiger partial charge on any atom is 0.0674 e. The van der Waals surface area contributed by atoms with E-state index in [-0.39, 0.29) is 0 Å². The Bertz CT molecular complexity index is 480. The molecule has 2 heteroatoms. The zero-order chi connectivity index (χ0) is 10.3. The fraction of sp³-hybridized carbons (Fsp3) is 0.385. The first-order valence-corrected chi connectivity index (χ1v) is 5.50. The Kier molecular flexibility index (Phi) is 2.03. The summed E-state index contributed by atoms with van der Waals surface area (Å²) in [4.78, 5) is 0. The smallest absolute Gasteiger partial charge is 0.0674 e. The van der Waals surface area contributed by atoms with Gasteiger partial charge in [-0.05, 0) is 25.0 Å². The van der Waals surface area contributed by atoms with Gasteiger partial charge in [0.15, 0.2) is 0 Å². The van der Waals surface area contributed by atoms with E-state index in [1.54, 1.807) is 0 Å². The zero-order valence-corrected chi connectivity index (χ0v) is 8.94. The van der Waals surface area contributed by atoms with Crippen LogP contribution in [0.1, 0.15) is 18.0 Å². The van der Waals surface area contributed by atoms with Crippen LogP contribution >= 0.6 is 0 Å². The van der Waals surface area contributed by atoms with E-state index < -0.39 is 0 Å². The van der Waals surface area contributed by atoms with Gasteiger partial charge >= 0.3 is 0 Å². The Hall–Kier alpha value is -1.28. The molecule has 0 aliphatic carbocycles. The fourth-order valence-electron chi connectivity index (χ4n) is 2.42. The van der Waals surface area contributed by atoms with Gasteiger partial charge in [0.05, 0.1) is 12.6 Å². The van der Waals surface area contributed by atoms with Crippen LogP contribution in [-0.4, -0.2) is 17.8 Å². The molecule has 0 radical (unpaired) electrons. The van der Waals surface area contributed by atoms with Crippen molar-refractivity contribution in [3.63, 3.8) is 0 Å². The lowest BCUT2D eigenvalue weighted by Crippen LogP contribution is -2.06. The number of para-hydroxylation sites is 1. The molecule has 78 valence electrons. The number of ether oxygens (including phenoxy) is 1. The highest BCUT2D eigenvalue weighted by Gasteiger charge is 2.19. The number of hydrogen-bond donors (Lipinski definition) is 0. The predicted octanol–water partition coefficient (Wildman–Crippen LogP) is 2.91. The van der Waals surface area contributed by atoms with E-state index in [9.17, 15) is 0 Å². The highest BCUT2D eigenvalue weighted by atomic mass is 16.5. The Morgan fingerprint density at radius 3 is 3.00 bits per heavy atom. The number of aromatic nitrogens is 1. The van der Waals surface area contributed by atoms with E-state index >= 15 is 0 Å². The molecule has 2 nitrogen and oxygen atoms in total. The Labute approximate surface area is 89.5 Å². The van der Waals surface area contributed by atoms with Crippen LogP contribution in [-0.2, 0) is 4.74 Å². The van der Waals surface area contributed by atoms with E-state index in [0.29, 0.717) is 6.04 Å². The summed E-state index contributed by atoms with van der Waals surface area (Å²) in [6.07, 6.45) is 3.39. The average Bonchev–Trinajstić information content (AvgIpc) is 2.87. The quantitative estimate of drug-likeness (QED) is 0.692. The van der Waals surface area contributed by atoms with Crippen molar-refractivity contribution in [2.45, 2.75) is 19.4 Å². The van der Waals surface area contributed by atoms with Crippen molar-refractivity contribution >= 4 is 10.9 Å². The summed E-state index contributed by atoms with van der Waals surface area (Å²) in [7, 11) is 0. The lowest BCUT2D eigenvalue weighted by molar-refractivity contribution is 0.187. The van der Waals surface area contributed by atoms with Crippen molar-refractivity contribution < 1.29 is 4.74 Å². The molecular weight excluding hydrogens is 186 g/mol. The zero-order valence-electron chi connectivity index (χ0n) is 8.94. The van der Waals surface area contributed by atoms with E-state index in [1.165, 1.54) is 16.5 Å². The van der Waals surface area contributed by atoms with Gasteiger partial charge in [-0.2, -0.15) is 0 Å². The van der Waals surface area contributed by atoms with Gasteiger partial charge in [-0.15, -0.1) is 0 Å². The van der Waals surface area contributed by atoms with Gasteiger partial charge in [-0.25, -0.2) is 0 Å². The maximum atomic E-state index is 5.45. The highest BCUT2D eigenvalue weighted by molar-refractivity contribution is 5.83. The highest BCUT2D eigenvalue weighted by Crippen LogP contribution is 2.27. The van der Waals surface area contributed by atoms with Gasteiger partial charge in [-0.3, -0.25) is 0 Å². The lowest BCUT2D eigenvalue weighted by Gasteiger charge is -2.11. The molecule has 0 N–H and O–H groups in total. The van der Waals surface area contributed by atoms with Crippen molar-refractivity contribution in [2.24, 2.45) is 0 Å². The topological polar surface area (TPSA) is 14.2 Å². The third kappa shape index (κ3) is 1.37. The van der Waals surface area contributed by atoms with Gasteiger partial charge in [0.1, 0.15) is 0 Å². The number of fused-ring (bicyclic) bond motifs is 1. The number of benzene rings is 1. The first-order chi connectivity index (χ1) is 7.36. The standard InChI is InChI=1S/C13H15NO/c1-10-8-14(11-6-7-15-9-11)13-5-3-2-4-12(10)13/h2-5,8,11H,6-7,9H2,1H3. The molecule has 1 aliphatic heterocycles. The summed E-state index contributed by atoms with van der Waals surface area (Å²) in [6, 6.07) is 9.12. The van der Waals surface area contributed by atoms with Crippen LogP contribution in [0, 0.1) is 6.92 Å². The van der Waals surface area contributed by atoms with Crippen LogP contribution in [0.15, 0.2) is 30.5 Å². The molecule has 0 bridgehead atoms.